The van der Waals surface area contributed by atoms with Crippen LogP contribution in [0, 0.1) is 10.8 Å². The van der Waals surface area contributed by atoms with Crippen LogP contribution < -0.4 is 10.6 Å². The Labute approximate surface area is 120 Å². The first-order valence-electron chi connectivity index (χ1n) is 6.99. The molecule has 1 fully saturated rings. The summed E-state index contributed by atoms with van der Waals surface area (Å²) in [6.07, 6.45) is 5.99. The zero-order chi connectivity index (χ0) is 15.2. The van der Waals surface area contributed by atoms with Crippen LogP contribution in [0.5, 0.6) is 0 Å². The molecule has 2 unspecified atom stereocenters. The predicted molar refractivity (Wildman–Crippen MR) is 79.2 cm³/mol. The summed E-state index contributed by atoms with van der Waals surface area (Å²) in [5.41, 5.74) is 0.0390. The third kappa shape index (κ3) is 5.17. The molecular weight excluding hydrogens is 254 g/mol. The summed E-state index contributed by atoms with van der Waals surface area (Å²) in [6, 6.07) is -0.0794. The van der Waals surface area contributed by atoms with Gasteiger partial charge in [0.1, 0.15) is 0 Å². The van der Waals surface area contributed by atoms with E-state index < -0.39 is 0 Å². The molecule has 20 heavy (non-hydrogen) atoms. The highest BCUT2D eigenvalue weighted by Crippen LogP contribution is 2.46. The molecule has 0 aliphatic heterocycles. The Bertz CT molecular complexity index is 413. The van der Waals surface area contributed by atoms with Gasteiger partial charge in [0.05, 0.1) is 6.54 Å². The van der Waals surface area contributed by atoms with E-state index in [0.717, 1.165) is 19.3 Å². The van der Waals surface area contributed by atoms with Gasteiger partial charge in [-0.05, 0) is 30.1 Å². The number of rotatable bonds is 5. The smallest absolute Gasteiger partial charge is 0.315 e. The number of amides is 2. The van der Waals surface area contributed by atoms with E-state index in [2.05, 4.69) is 43.0 Å². The number of hydrogen-bond acceptors (Lipinski definition) is 3. The Balaban J connectivity index is 2.69. The molecule has 0 aromatic rings. The zero-order valence-electron chi connectivity index (χ0n) is 12.7. The molecular formula is C15H25N3O2. The molecule has 1 saturated carbocycles. The summed E-state index contributed by atoms with van der Waals surface area (Å²) in [4.78, 5) is 25.8. The second kappa shape index (κ2) is 6.71. The Morgan fingerprint density at radius 1 is 1.45 bits per heavy atom. The highest BCUT2D eigenvalue weighted by molar-refractivity contribution is 5.74. The first-order valence-corrected chi connectivity index (χ1v) is 6.99. The summed E-state index contributed by atoms with van der Waals surface area (Å²) in [5, 5.41) is 5.73. The van der Waals surface area contributed by atoms with Crippen molar-refractivity contribution in [2.24, 2.45) is 15.8 Å². The fourth-order valence-electron chi connectivity index (χ4n) is 3.48. The third-order valence-electron chi connectivity index (χ3n) is 3.71. The van der Waals surface area contributed by atoms with E-state index in [1.54, 1.807) is 12.2 Å². The van der Waals surface area contributed by atoms with Crippen LogP contribution >= 0.6 is 0 Å². The maximum absolute atomic E-state index is 11.8. The molecule has 0 saturated heterocycles. The van der Waals surface area contributed by atoms with Crippen molar-refractivity contribution in [2.45, 2.75) is 46.1 Å². The molecule has 0 bridgehead atoms. The van der Waals surface area contributed by atoms with E-state index in [-0.39, 0.29) is 22.9 Å². The number of nitrogens with one attached hydrogen (secondary N) is 2. The van der Waals surface area contributed by atoms with Gasteiger partial charge in [0.2, 0.25) is 6.08 Å². The number of isocyanates is 1. The highest BCUT2D eigenvalue weighted by atomic mass is 16.2. The molecule has 1 aliphatic rings. The third-order valence-corrected chi connectivity index (χ3v) is 3.71. The van der Waals surface area contributed by atoms with E-state index in [1.165, 1.54) is 0 Å². The normalized spacial score (nSPS) is 28.1. The minimum atomic E-state index is -0.172. The van der Waals surface area contributed by atoms with Gasteiger partial charge in [-0.25, -0.2) is 14.6 Å². The van der Waals surface area contributed by atoms with Gasteiger partial charge in [-0.2, -0.15) is 0 Å². The molecule has 2 N–H and O–H groups in total. The second-order valence-corrected chi connectivity index (χ2v) is 6.81. The van der Waals surface area contributed by atoms with Crippen LogP contribution in [0.25, 0.3) is 0 Å². The Morgan fingerprint density at radius 3 is 2.75 bits per heavy atom. The fraction of sp³-hybridized carbons (Fsp3) is 0.733. The number of carbonyl (C=O) groups is 1. The van der Waals surface area contributed by atoms with Crippen LogP contribution in [0.1, 0.15) is 40.0 Å². The molecule has 1 aliphatic carbocycles. The number of urea groups is 1. The molecule has 5 heteroatoms. The maximum atomic E-state index is 11.8. The van der Waals surface area contributed by atoms with Crippen LogP contribution in [0.3, 0.4) is 0 Å². The lowest BCUT2D eigenvalue weighted by Crippen LogP contribution is -2.50. The van der Waals surface area contributed by atoms with Gasteiger partial charge in [0.25, 0.3) is 0 Å². The van der Waals surface area contributed by atoms with Crippen LogP contribution in [0.15, 0.2) is 17.6 Å². The van der Waals surface area contributed by atoms with Gasteiger partial charge in [0.15, 0.2) is 0 Å². The van der Waals surface area contributed by atoms with Crippen molar-refractivity contribution < 1.29 is 9.59 Å². The zero-order valence-corrected chi connectivity index (χ0v) is 12.7. The average Bonchev–Trinajstić information content (AvgIpc) is 2.31. The average molecular weight is 279 g/mol. The first-order chi connectivity index (χ1) is 9.30. The molecule has 0 radical (unpaired) electrons. The van der Waals surface area contributed by atoms with Crippen molar-refractivity contribution in [1.29, 1.82) is 0 Å². The van der Waals surface area contributed by atoms with Crippen molar-refractivity contribution in [2.75, 3.05) is 13.1 Å². The van der Waals surface area contributed by atoms with Crippen LogP contribution in [0.2, 0.25) is 0 Å². The highest BCUT2D eigenvalue weighted by Gasteiger charge is 2.41. The van der Waals surface area contributed by atoms with Gasteiger partial charge in [-0.15, -0.1) is 6.58 Å². The van der Waals surface area contributed by atoms with Crippen molar-refractivity contribution >= 4 is 12.1 Å². The van der Waals surface area contributed by atoms with Gasteiger partial charge in [-0.3, -0.25) is 0 Å². The van der Waals surface area contributed by atoms with Gasteiger partial charge in [0, 0.05) is 12.6 Å². The lowest BCUT2D eigenvalue weighted by Gasteiger charge is -2.46. The molecule has 5 nitrogen and oxygen atoms in total. The quantitative estimate of drug-likeness (QED) is 0.461. The van der Waals surface area contributed by atoms with Crippen molar-refractivity contribution in [3.63, 3.8) is 0 Å². The maximum Gasteiger partial charge on any atom is 0.315 e. The topological polar surface area (TPSA) is 70.6 Å². The van der Waals surface area contributed by atoms with Crippen molar-refractivity contribution in [1.82, 2.24) is 10.6 Å². The summed E-state index contributed by atoms with van der Waals surface area (Å²) in [6.45, 7) is 11.0. The lowest BCUT2D eigenvalue weighted by atomic mass is 9.62. The summed E-state index contributed by atoms with van der Waals surface area (Å²) < 4.78 is 0. The first kappa shape index (κ1) is 16.4. The van der Waals surface area contributed by atoms with Crippen molar-refractivity contribution in [3.8, 4) is 0 Å². The Hall–Kier alpha value is -1.61. The van der Waals surface area contributed by atoms with Gasteiger partial charge in [-0.1, -0.05) is 26.8 Å². The summed E-state index contributed by atoms with van der Waals surface area (Å²) in [5.74, 6) is 0. The number of hydrogen-bond donors (Lipinski definition) is 2. The minimum Gasteiger partial charge on any atom is -0.335 e. The van der Waals surface area contributed by atoms with E-state index in [0.29, 0.717) is 13.1 Å². The minimum absolute atomic E-state index is 0.0739. The van der Waals surface area contributed by atoms with E-state index in [1.807, 2.05) is 0 Å². The number of carbonyl (C=O) groups excluding carboxylic acids is 2. The molecule has 1 rings (SSSR count). The SMILES string of the molecule is C=CCNC(=O)NC1CC(C)(C)CC(C)(CN=C=O)C1. The predicted octanol–water partition coefficient (Wildman–Crippen LogP) is 2.39. The van der Waals surface area contributed by atoms with Crippen LogP contribution in [-0.4, -0.2) is 31.2 Å². The number of nitrogens with zero attached hydrogens (tertiary/aromatic N) is 1. The monoisotopic (exact) mass is 279 g/mol. The standard InChI is InChI=1S/C15H25N3O2/c1-5-6-17-13(20)18-12-7-14(2,3)9-15(4,8-12)10-16-11-19/h5,12H,1,6-10H2,2-4H3,(H2,17,18,20). The summed E-state index contributed by atoms with van der Waals surface area (Å²) in [7, 11) is 0. The molecule has 0 aromatic carbocycles. The molecule has 0 spiro atoms. The van der Waals surface area contributed by atoms with Gasteiger partial charge >= 0.3 is 6.03 Å². The Morgan fingerprint density at radius 2 is 2.15 bits per heavy atom. The molecule has 112 valence electrons. The molecule has 0 aromatic heterocycles. The van der Waals surface area contributed by atoms with Crippen LogP contribution in [0.4, 0.5) is 4.79 Å². The molecule has 2 atom stereocenters. The summed E-state index contributed by atoms with van der Waals surface area (Å²) >= 11 is 0. The van der Waals surface area contributed by atoms with E-state index >= 15 is 0 Å². The fourth-order valence-corrected chi connectivity index (χ4v) is 3.48. The lowest BCUT2D eigenvalue weighted by molar-refractivity contribution is 0.0808. The molecule has 2 amide bonds. The Kier molecular flexibility index (Phi) is 5.52. The van der Waals surface area contributed by atoms with E-state index in [9.17, 15) is 9.59 Å². The van der Waals surface area contributed by atoms with Crippen molar-refractivity contribution in [3.05, 3.63) is 12.7 Å². The second-order valence-electron chi connectivity index (χ2n) is 6.81. The van der Waals surface area contributed by atoms with E-state index in [4.69, 9.17) is 0 Å². The largest absolute Gasteiger partial charge is 0.335 e. The van der Waals surface area contributed by atoms with Gasteiger partial charge < -0.3 is 10.6 Å². The number of aliphatic imine (C=N–C) groups is 1. The molecule has 0 heterocycles. The van der Waals surface area contributed by atoms with Crippen LogP contribution in [-0.2, 0) is 4.79 Å².